The molecule has 4 aromatic rings. The molecule has 8 heteroatoms. The van der Waals surface area contributed by atoms with Crippen LogP contribution >= 0.6 is 0 Å². The zero-order chi connectivity index (χ0) is 19.9. The lowest BCUT2D eigenvalue weighted by Gasteiger charge is -2.19. The van der Waals surface area contributed by atoms with Gasteiger partial charge in [0.15, 0.2) is 11.5 Å². The van der Waals surface area contributed by atoms with Crippen LogP contribution in [0.3, 0.4) is 0 Å². The monoisotopic (exact) mass is 397 g/mol. The van der Waals surface area contributed by atoms with Crippen molar-refractivity contribution in [2.75, 3.05) is 31.2 Å². The van der Waals surface area contributed by atoms with Crippen molar-refractivity contribution in [2.45, 2.75) is 0 Å². The number of H-pyrrole nitrogens is 2. The Morgan fingerprint density at radius 2 is 1.83 bits per heavy atom. The van der Waals surface area contributed by atoms with Crippen molar-refractivity contribution in [1.82, 2.24) is 30.1 Å². The van der Waals surface area contributed by atoms with E-state index in [4.69, 9.17) is 9.72 Å². The number of aromatic amines is 2. The minimum absolute atomic E-state index is 0.452. The van der Waals surface area contributed by atoms with Gasteiger partial charge in [0, 0.05) is 24.9 Å². The van der Waals surface area contributed by atoms with E-state index < -0.39 is 0 Å². The molecule has 2 N–H and O–H groups in total. The predicted octanol–water partition coefficient (Wildman–Crippen LogP) is 2.23. The largest absolute Gasteiger partial charge is 0.381 e. The highest BCUT2D eigenvalue weighted by Gasteiger charge is 2.38. The number of imidazole rings is 1. The lowest BCUT2D eigenvalue weighted by molar-refractivity contribution is 0.177. The molecule has 2 atom stereocenters. The summed E-state index contributed by atoms with van der Waals surface area (Å²) in [6.45, 7) is 3.53. The van der Waals surface area contributed by atoms with Crippen LogP contribution in [0.1, 0.15) is 11.6 Å². The number of nitrogens with zero attached hydrogens (tertiary/aromatic N) is 5. The Morgan fingerprint density at radius 1 is 1.00 bits per heavy atom. The molecule has 0 radical (unpaired) electrons. The number of fused-ring (bicyclic) bond motifs is 2. The van der Waals surface area contributed by atoms with Crippen LogP contribution < -0.4 is 4.90 Å². The molecular weight excluding hydrogens is 378 g/mol. The molecule has 6 rings (SSSR count). The van der Waals surface area contributed by atoms with Crippen molar-refractivity contribution >= 4 is 16.9 Å². The van der Waals surface area contributed by atoms with E-state index in [2.05, 4.69) is 41.9 Å². The maximum absolute atomic E-state index is 5.60. The first-order valence-electron chi connectivity index (χ1n) is 10.00. The lowest BCUT2D eigenvalue weighted by Crippen LogP contribution is -2.23. The Labute approximate surface area is 172 Å². The second-order valence-electron chi connectivity index (χ2n) is 7.73. The number of anilines is 1. The van der Waals surface area contributed by atoms with E-state index in [0.717, 1.165) is 48.8 Å². The van der Waals surface area contributed by atoms with Gasteiger partial charge in [-0.25, -0.2) is 15.0 Å². The Hall–Kier alpha value is -3.70. The second kappa shape index (κ2) is 6.97. The summed E-state index contributed by atoms with van der Waals surface area (Å²) in [5.41, 5.74) is 2.69. The third kappa shape index (κ3) is 3.00. The van der Waals surface area contributed by atoms with Gasteiger partial charge in [-0.3, -0.25) is 5.10 Å². The summed E-state index contributed by atoms with van der Waals surface area (Å²) in [6, 6.07) is 10.0. The molecule has 2 saturated heterocycles. The maximum atomic E-state index is 5.60. The zero-order valence-electron chi connectivity index (χ0n) is 16.2. The number of ether oxygens (including phenoxy) is 1. The van der Waals surface area contributed by atoms with E-state index >= 15 is 0 Å². The fourth-order valence-corrected chi connectivity index (χ4v) is 4.24. The molecule has 0 unspecified atom stereocenters. The fourth-order valence-electron chi connectivity index (χ4n) is 4.24. The molecule has 2 aliphatic rings. The molecule has 0 aliphatic carbocycles. The standard InChI is InChI=1S/C22H19N7O/c1-2-4-14(5-3-1)18-9-23-19(25-18)6-7-20-26-21-17(8-24-28-21)22(27-20)29-10-15-12-30-13-16(15)11-29/h1-5,8-9,15-16H,10-13H2,(H,23,25)(H,24,26,27,28)/t15-,16+. The van der Waals surface area contributed by atoms with Crippen molar-refractivity contribution in [3.05, 3.63) is 54.4 Å². The highest BCUT2D eigenvalue weighted by Crippen LogP contribution is 2.34. The maximum Gasteiger partial charge on any atom is 0.209 e. The first-order valence-corrected chi connectivity index (χ1v) is 10.00. The van der Waals surface area contributed by atoms with E-state index in [0.29, 0.717) is 29.1 Å². The van der Waals surface area contributed by atoms with Crippen molar-refractivity contribution < 1.29 is 4.74 Å². The normalized spacial score (nSPS) is 20.3. The van der Waals surface area contributed by atoms with E-state index in [1.54, 1.807) is 12.4 Å². The van der Waals surface area contributed by atoms with Gasteiger partial charge in [-0.2, -0.15) is 5.10 Å². The Balaban J connectivity index is 1.32. The number of hydrogen-bond donors (Lipinski definition) is 2. The summed E-state index contributed by atoms with van der Waals surface area (Å²) in [4.78, 5) is 19.2. The summed E-state index contributed by atoms with van der Waals surface area (Å²) in [6.07, 6.45) is 3.57. The molecule has 0 bridgehead atoms. The van der Waals surface area contributed by atoms with Crippen molar-refractivity contribution in [2.24, 2.45) is 11.8 Å². The van der Waals surface area contributed by atoms with Crippen LogP contribution in [0, 0.1) is 23.7 Å². The van der Waals surface area contributed by atoms with Crippen LogP contribution in [-0.2, 0) is 4.74 Å². The van der Waals surface area contributed by atoms with E-state index in [1.807, 2.05) is 30.3 Å². The first kappa shape index (κ1) is 17.2. The van der Waals surface area contributed by atoms with Gasteiger partial charge >= 0.3 is 0 Å². The molecule has 1 aromatic carbocycles. The summed E-state index contributed by atoms with van der Waals surface area (Å²) >= 11 is 0. The van der Waals surface area contributed by atoms with E-state index in [9.17, 15) is 0 Å². The summed E-state index contributed by atoms with van der Waals surface area (Å²) in [7, 11) is 0. The van der Waals surface area contributed by atoms with Crippen LogP contribution in [0.2, 0.25) is 0 Å². The van der Waals surface area contributed by atoms with Crippen LogP contribution in [-0.4, -0.2) is 56.4 Å². The number of benzene rings is 1. The van der Waals surface area contributed by atoms with Gasteiger partial charge in [-0.15, -0.1) is 0 Å². The quantitative estimate of drug-likeness (QED) is 0.504. The van der Waals surface area contributed by atoms with Gasteiger partial charge < -0.3 is 14.6 Å². The van der Waals surface area contributed by atoms with Crippen LogP contribution in [0.5, 0.6) is 0 Å². The lowest BCUT2D eigenvalue weighted by atomic mass is 10.0. The van der Waals surface area contributed by atoms with Gasteiger partial charge in [0.25, 0.3) is 0 Å². The minimum atomic E-state index is 0.452. The molecule has 5 heterocycles. The number of aromatic nitrogens is 6. The van der Waals surface area contributed by atoms with Gasteiger partial charge in [-0.1, -0.05) is 30.3 Å². The second-order valence-corrected chi connectivity index (χ2v) is 7.73. The summed E-state index contributed by atoms with van der Waals surface area (Å²) < 4.78 is 5.60. The predicted molar refractivity (Wildman–Crippen MR) is 112 cm³/mol. The van der Waals surface area contributed by atoms with Crippen LogP contribution in [0.4, 0.5) is 5.82 Å². The van der Waals surface area contributed by atoms with Gasteiger partial charge in [0.2, 0.25) is 5.82 Å². The molecule has 0 saturated carbocycles. The molecule has 30 heavy (non-hydrogen) atoms. The number of nitrogens with one attached hydrogen (secondary N) is 2. The Bertz CT molecular complexity index is 1250. The topological polar surface area (TPSA) is 95.6 Å². The van der Waals surface area contributed by atoms with Crippen LogP contribution in [0.25, 0.3) is 22.3 Å². The summed E-state index contributed by atoms with van der Waals surface area (Å²) in [5.74, 6) is 9.16. The molecule has 0 spiro atoms. The molecule has 0 amide bonds. The molecule has 148 valence electrons. The number of hydrogen-bond acceptors (Lipinski definition) is 6. The molecule has 3 aromatic heterocycles. The molecular formula is C22H19N7O. The fraction of sp³-hybridized carbons (Fsp3) is 0.273. The number of rotatable bonds is 2. The van der Waals surface area contributed by atoms with Crippen molar-refractivity contribution in [3.63, 3.8) is 0 Å². The van der Waals surface area contributed by atoms with Crippen molar-refractivity contribution in [1.29, 1.82) is 0 Å². The third-order valence-electron chi connectivity index (χ3n) is 5.78. The van der Waals surface area contributed by atoms with Gasteiger partial charge in [-0.05, 0) is 17.4 Å². The molecule has 2 fully saturated rings. The zero-order valence-corrected chi connectivity index (χ0v) is 16.2. The molecule has 8 nitrogen and oxygen atoms in total. The summed E-state index contributed by atoms with van der Waals surface area (Å²) in [5, 5.41) is 8.03. The van der Waals surface area contributed by atoms with Crippen molar-refractivity contribution in [3.8, 4) is 23.1 Å². The highest BCUT2D eigenvalue weighted by molar-refractivity contribution is 5.87. The van der Waals surface area contributed by atoms with Gasteiger partial charge in [0.05, 0.1) is 36.7 Å². The minimum Gasteiger partial charge on any atom is -0.381 e. The highest BCUT2D eigenvalue weighted by atomic mass is 16.5. The third-order valence-corrected chi connectivity index (χ3v) is 5.78. The van der Waals surface area contributed by atoms with E-state index in [1.165, 1.54) is 0 Å². The average Bonchev–Trinajstić information content (AvgIpc) is 3.56. The Morgan fingerprint density at radius 3 is 2.67 bits per heavy atom. The average molecular weight is 397 g/mol. The van der Waals surface area contributed by atoms with E-state index in [-0.39, 0.29) is 0 Å². The van der Waals surface area contributed by atoms with Crippen LogP contribution in [0.15, 0.2) is 42.7 Å². The Kier molecular flexibility index (Phi) is 3.99. The smallest absolute Gasteiger partial charge is 0.209 e. The SMILES string of the molecule is C(#Cc1ncc(-c2ccccc2)[nH]1)c1nc(N2C[C@H]3COC[C@H]3C2)c2cn[nH]c2n1. The van der Waals surface area contributed by atoms with Gasteiger partial charge in [0.1, 0.15) is 5.82 Å². The molecule has 2 aliphatic heterocycles. The first-order chi connectivity index (χ1) is 14.8.